The van der Waals surface area contributed by atoms with Gasteiger partial charge in [0.05, 0.1) is 5.57 Å². The molecule has 0 bridgehead atoms. The van der Waals surface area contributed by atoms with Crippen LogP contribution in [-0.2, 0) is 14.3 Å². The molecule has 0 aromatic carbocycles. The topological polar surface area (TPSA) is 63.6 Å². The van der Waals surface area contributed by atoms with E-state index < -0.39 is 17.5 Å². The zero-order chi connectivity index (χ0) is 12.2. The Morgan fingerprint density at radius 1 is 1.33 bits per heavy atom. The Morgan fingerprint density at radius 2 is 1.80 bits per heavy atom. The Morgan fingerprint density at radius 3 is 2.13 bits per heavy atom. The van der Waals surface area contributed by atoms with Gasteiger partial charge in [-0.05, 0) is 33.8 Å². The summed E-state index contributed by atoms with van der Waals surface area (Å²) in [7, 11) is 0. The Hall–Kier alpha value is -1.58. The number of rotatable bonds is 3. The molecule has 84 valence electrons. The van der Waals surface area contributed by atoms with Crippen LogP contribution in [0.15, 0.2) is 23.8 Å². The standard InChI is InChI=1S/C11H16O4/c1-7(9(12)13)6-8(2)10(14)15-11(3,4)5/h6H,2H2,1,3-5H3,(H,12,13). The number of hydrogen-bond acceptors (Lipinski definition) is 3. The Bertz CT molecular complexity index is 318. The lowest BCUT2D eigenvalue weighted by atomic mass is 10.1. The van der Waals surface area contributed by atoms with E-state index in [9.17, 15) is 9.59 Å². The molecule has 0 aromatic rings. The van der Waals surface area contributed by atoms with Gasteiger partial charge in [-0.25, -0.2) is 9.59 Å². The number of hydrogen-bond donors (Lipinski definition) is 1. The minimum absolute atomic E-state index is 0.0322. The highest BCUT2D eigenvalue weighted by Crippen LogP contribution is 2.11. The van der Waals surface area contributed by atoms with Crippen LogP contribution in [0, 0.1) is 0 Å². The first-order valence-electron chi connectivity index (χ1n) is 4.47. The van der Waals surface area contributed by atoms with E-state index in [-0.39, 0.29) is 11.1 Å². The van der Waals surface area contributed by atoms with Crippen molar-refractivity contribution in [3.05, 3.63) is 23.8 Å². The van der Waals surface area contributed by atoms with Crippen LogP contribution in [0.3, 0.4) is 0 Å². The van der Waals surface area contributed by atoms with Crippen molar-refractivity contribution in [1.82, 2.24) is 0 Å². The molecular weight excluding hydrogens is 196 g/mol. The van der Waals surface area contributed by atoms with Crippen molar-refractivity contribution < 1.29 is 19.4 Å². The third-order valence-electron chi connectivity index (χ3n) is 1.39. The van der Waals surface area contributed by atoms with Gasteiger partial charge in [0.1, 0.15) is 5.60 Å². The SMILES string of the molecule is C=C(C=C(C)C(=O)O)C(=O)OC(C)(C)C. The normalized spacial score (nSPS) is 12.1. The molecule has 0 heterocycles. The van der Waals surface area contributed by atoms with Gasteiger partial charge >= 0.3 is 11.9 Å². The maximum Gasteiger partial charge on any atom is 0.338 e. The first-order valence-corrected chi connectivity index (χ1v) is 4.47. The van der Waals surface area contributed by atoms with Crippen LogP contribution in [0.5, 0.6) is 0 Å². The molecular formula is C11H16O4. The number of ether oxygens (including phenoxy) is 1. The van der Waals surface area contributed by atoms with Crippen LogP contribution >= 0.6 is 0 Å². The van der Waals surface area contributed by atoms with E-state index in [2.05, 4.69) is 6.58 Å². The van der Waals surface area contributed by atoms with Gasteiger partial charge in [0.25, 0.3) is 0 Å². The summed E-state index contributed by atoms with van der Waals surface area (Å²) in [5, 5.41) is 8.58. The summed E-state index contributed by atoms with van der Waals surface area (Å²) in [5.41, 5.74) is -0.527. The second-order valence-corrected chi connectivity index (χ2v) is 4.16. The van der Waals surface area contributed by atoms with Crippen molar-refractivity contribution in [3.63, 3.8) is 0 Å². The fourth-order valence-electron chi connectivity index (χ4n) is 0.726. The Kier molecular flexibility index (Phi) is 4.27. The summed E-state index contributed by atoms with van der Waals surface area (Å²) in [6.07, 6.45) is 1.19. The Balaban J connectivity index is 4.55. The van der Waals surface area contributed by atoms with Gasteiger partial charge in [0.2, 0.25) is 0 Å². The van der Waals surface area contributed by atoms with E-state index in [1.54, 1.807) is 20.8 Å². The zero-order valence-electron chi connectivity index (χ0n) is 9.46. The molecule has 15 heavy (non-hydrogen) atoms. The molecule has 0 amide bonds. The van der Waals surface area contributed by atoms with E-state index in [0.717, 1.165) is 0 Å². The molecule has 0 saturated heterocycles. The summed E-state index contributed by atoms with van der Waals surface area (Å²) >= 11 is 0. The van der Waals surface area contributed by atoms with Crippen LogP contribution in [0.4, 0.5) is 0 Å². The number of esters is 1. The smallest absolute Gasteiger partial charge is 0.338 e. The molecule has 0 rings (SSSR count). The third kappa shape index (κ3) is 5.67. The lowest BCUT2D eigenvalue weighted by molar-refractivity contribution is -0.149. The maximum absolute atomic E-state index is 11.4. The number of aliphatic carboxylic acids is 1. The van der Waals surface area contributed by atoms with Crippen molar-refractivity contribution >= 4 is 11.9 Å². The molecule has 0 aliphatic heterocycles. The molecule has 0 saturated carbocycles. The van der Waals surface area contributed by atoms with Crippen molar-refractivity contribution in [2.75, 3.05) is 0 Å². The minimum atomic E-state index is -1.08. The molecule has 0 spiro atoms. The van der Waals surface area contributed by atoms with Gasteiger partial charge in [0.15, 0.2) is 0 Å². The highest BCUT2D eigenvalue weighted by Gasteiger charge is 2.18. The van der Waals surface area contributed by atoms with E-state index in [4.69, 9.17) is 9.84 Å². The molecule has 0 fully saturated rings. The van der Waals surface area contributed by atoms with E-state index >= 15 is 0 Å². The predicted molar refractivity (Wildman–Crippen MR) is 56.4 cm³/mol. The molecule has 0 atom stereocenters. The molecule has 0 radical (unpaired) electrons. The fraction of sp³-hybridized carbons (Fsp3) is 0.455. The number of carboxylic acids is 1. The molecule has 0 aliphatic rings. The summed E-state index contributed by atoms with van der Waals surface area (Å²) in [6, 6.07) is 0. The van der Waals surface area contributed by atoms with Gasteiger partial charge in [-0.15, -0.1) is 0 Å². The fourth-order valence-corrected chi connectivity index (χ4v) is 0.726. The summed E-state index contributed by atoms with van der Waals surface area (Å²) in [4.78, 5) is 21.8. The van der Waals surface area contributed by atoms with Gasteiger partial charge in [-0.2, -0.15) is 0 Å². The molecule has 1 N–H and O–H groups in total. The monoisotopic (exact) mass is 212 g/mol. The average Bonchev–Trinajstić information content (AvgIpc) is 2.00. The predicted octanol–water partition coefficient (Wildman–Crippen LogP) is 1.92. The van der Waals surface area contributed by atoms with Crippen LogP contribution in [0.2, 0.25) is 0 Å². The second kappa shape index (κ2) is 4.77. The van der Waals surface area contributed by atoms with E-state index in [0.29, 0.717) is 0 Å². The second-order valence-electron chi connectivity index (χ2n) is 4.16. The minimum Gasteiger partial charge on any atom is -0.478 e. The molecule has 4 nitrogen and oxygen atoms in total. The van der Waals surface area contributed by atoms with Gasteiger partial charge < -0.3 is 9.84 Å². The number of carboxylic acid groups (broad SMARTS) is 1. The molecule has 0 aromatic heterocycles. The highest BCUT2D eigenvalue weighted by atomic mass is 16.6. The summed E-state index contributed by atoms with van der Waals surface area (Å²) in [6.45, 7) is 10.0. The van der Waals surface area contributed by atoms with Crippen LogP contribution in [0.1, 0.15) is 27.7 Å². The van der Waals surface area contributed by atoms with Crippen molar-refractivity contribution in [2.24, 2.45) is 0 Å². The van der Waals surface area contributed by atoms with Crippen LogP contribution in [-0.4, -0.2) is 22.6 Å². The van der Waals surface area contributed by atoms with E-state index in [1.165, 1.54) is 13.0 Å². The van der Waals surface area contributed by atoms with Crippen LogP contribution in [0.25, 0.3) is 0 Å². The van der Waals surface area contributed by atoms with Gasteiger partial charge in [-0.3, -0.25) is 0 Å². The van der Waals surface area contributed by atoms with E-state index in [1.807, 2.05) is 0 Å². The molecule has 0 unspecified atom stereocenters. The average molecular weight is 212 g/mol. The quantitative estimate of drug-likeness (QED) is 0.441. The summed E-state index contributed by atoms with van der Waals surface area (Å²) in [5.74, 6) is -1.69. The van der Waals surface area contributed by atoms with Crippen molar-refractivity contribution in [1.29, 1.82) is 0 Å². The van der Waals surface area contributed by atoms with Crippen molar-refractivity contribution in [3.8, 4) is 0 Å². The number of carbonyl (C=O) groups excluding carboxylic acids is 1. The lowest BCUT2D eigenvalue weighted by Gasteiger charge is -2.19. The van der Waals surface area contributed by atoms with Crippen LogP contribution < -0.4 is 0 Å². The summed E-state index contributed by atoms with van der Waals surface area (Å²) < 4.78 is 5.00. The van der Waals surface area contributed by atoms with Gasteiger partial charge in [-0.1, -0.05) is 6.58 Å². The Labute approximate surface area is 89.2 Å². The highest BCUT2D eigenvalue weighted by molar-refractivity contribution is 5.95. The zero-order valence-corrected chi connectivity index (χ0v) is 9.46. The largest absolute Gasteiger partial charge is 0.478 e. The molecule has 0 aliphatic carbocycles. The number of carbonyl (C=O) groups is 2. The van der Waals surface area contributed by atoms with Crippen molar-refractivity contribution in [2.45, 2.75) is 33.3 Å². The maximum atomic E-state index is 11.4. The lowest BCUT2D eigenvalue weighted by Crippen LogP contribution is -2.24. The first-order chi connectivity index (χ1) is 6.63. The molecule has 4 heteroatoms. The first kappa shape index (κ1) is 13.4. The van der Waals surface area contributed by atoms with Gasteiger partial charge in [0, 0.05) is 5.57 Å². The third-order valence-corrected chi connectivity index (χ3v) is 1.39.